The Labute approximate surface area is 192 Å². The summed E-state index contributed by atoms with van der Waals surface area (Å²) in [6, 6.07) is 3.63. The average molecular weight is 489 g/mol. The van der Waals surface area contributed by atoms with Crippen LogP contribution in [0.3, 0.4) is 0 Å². The summed E-state index contributed by atoms with van der Waals surface area (Å²) in [4.78, 5) is 29.8. The maximum absolute atomic E-state index is 13.9. The van der Waals surface area contributed by atoms with Crippen LogP contribution in [0.4, 0.5) is 22.0 Å². The SMILES string of the molecule is CC1CCCN(C(=O)c2nc3c(o2)CCN(Cc2ccc(F)cc2F)C3)C1.O=C(O)C(F)(F)F. The van der Waals surface area contributed by atoms with Crippen molar-refractivity contribution >= 4 is 11.9 Å². The standard InChI is InChI=1S/C20H23F2N3O2.C2HF3O2/c1-13-3-2-7-25(10-13)20(26)19-23-17-12-24(8-6-18(17)27-19)11-14-4-5-15(21)9-16(14)22;3-2(4,5)1(6)7/h4-5,9,13H,2-3,6-8,10-12H2,1H3;(H,6,7). The van der Waals surface area contributed by atoms with E-state index in [1.807, 2.05) is 9.80 Å². The molecule has 1 unspecified atom stereocenters. The van der Waals surface area contributed by atoms with E-state index in [-0.39, 0.29) is 11.8 Å². The highest BCUT2D eigenvalue weighted by atomic mass is 19.4. The minimum Gasteiger partial charge on any atom is -0.475 e. The van der Waals surface area contributed by atoms with Gasteiger partial charge in [0.25, 0.3) is 5.89 Å². The molecule has 3 heterocycles. The fraction of sp³-hybridized carbons (Fsp3) is 0.500. The van der Waals surface area contributed by atoms with E-state index in [1.165, 1.54) is 12.1 Å². The molecule has 4 rings (SSSR count). The van der Waals surface area contributed by atoms with Crippen LogP contribution in [0.5, 0.6) is 0 Å². The molecule has 186 valence electrons. The number of aliphatic carboxylic acids is 1. The molecule has 34 heavy (non-hydrogen) atoms. The Morgan fingerprint density at radius 1 is 1.24 bits per heavy atom. The van der Waals surface area contributed by atoms with E-state index in [1.54, 1.807) is 0 Å². The molecule has 1 fully saturated rings. The Kier molecular flexibility index (Phi) is 7.90. The summed E-state index contributed by atoms with van der Waals surface area (Å²) < 4.78 is 64.4. The van der Waals surface area contributed by atoms with E-state index in [4.69, 9.17) is 14.3 Å². The fourth-order valence-electron chi connectivity index (χ4n) is 3.88. The summed E-state index contributed by atoms with van der Waals surface area (Å²) in [5.41, 5.74) is 1.18. The zero-order valence-corrected chi connectivity index (χ0v) is 18.4. The van der Waals surface area contributed by atoms with Crippen molar-refractivity contribution in [2.75, 3.05) is 19.6 Å². The molecule has 2 aromatic rings. The van der Waals surface area contributed by atoms with Gasteiger partial charge >= 0.3 is 18.1 Å². The summed E-state index contributed by atoms with van der Waals surface area (Å²) in [5, 5.41) is 7.12. The minimum atomic E-state index is -5.08. The molecule has 2 aliphatic rings. The van der Waals surface area contributed by atoms with Gasteiger partial charge in [-0.3, -0.25) is 9.69 Å². The van der Waals surface area contributed by atoms with Gasteiger partial charge in [0, 0.05) is 50.8 Å². The summed E-state index contributed by atoms with van der Waals surface area (Å²) >= 11 is 0. The van der Waals surface area contributed by atoms with Gasteiger partial charge in [0.05, 0.1) is 5.69 Å². The van der Waals surface area contributed by atoms with Gasteiger partial charge in [0.15, 0.2) is 0 Å². The van der Waals surface area contributed by atoms with Crippen LogP contribution in [-0.4, -0.2) is 57.6 Å². The minimum absolute atomic E-state index is 0.146. The molecule has 7 nitrogen and oxygen atoms in total. The number of carboxylic acids is 1. The Morgan fingerprint density at radius 3 is 2.56 bits per heavy atom. The molecule has 0 saturated carbocycles. The molecule has 1 N–H and O–H groups in total. The molecule has 1 saturated heterocycles. The smallest absolute Gasteiger partial charge is 0.475 e. The number of fused-ring (bicyclic) bond motifs is 1. The number of carboxylic acid groups (broad SMARTS) is 1. The highest BCUT2D eigenvalue weighted by Crippen LogP contribution is 2.24. The summed E-state index contributed by atoms with van der Waals surface area (Å²) in [7, 11) is 0. The highest BCUT2D eigenvalue weighted by molar-refractivity contribution is 5.89. The van der Waals surface area contributed by atoms with E-state index >= 15 is 0 Å². The van der Waals surface area contributed by atoms with Crippen molar-refractivity contribution < 1.29 is 41.1 Å². The topological polar surface area (TPSA) is 86.9 Å². The van der Waals surface area contributed by atoms with E-state index < -0.39 is 23.8 Å². The number of nitrogens with zero attached hydrogens (tertiary/aromatic N) is 3. The lowest BCUT2D eigenvalue weighted by atomic mass is 10.0. The molecular formula is C22H24F5N3O4. The zero-order valence-electron chi connectivity index (χ0n) is 18.4. The first-order chi connectivity index (χ1) is 15.9. The monoisotopic (exact) mass is 489 g/mol. The second-order valence-corrected chi connectivity index (χ2v) is 8.39. The first kappa shape index (κ1) is 25.6. The molecule has 0 bridgehead atoms. The fourth-order valence-corrected chi connectivity index (χ4v) is 3.88. The van der Waals surface area contributed by atoms with Crippen LogP contribution in [0.2, 0.25) is 0 Å². The number of oxazole rings is 1. The lowest BCUT2D eigenvalue weighted by Gasteiger charge is -2.29. The molecule has 1 aromatic heterocycles. The number of carbonyl (C=O) groups is 2. The van der Waals surface area contributed by atoms with Crippen LogP contribution >= 0.6 is 0 Å². The molecule has 1 atom stereocenters. The van der Waals surface area contributed by atoms with E-state index in [9.17, 15) is 26.7 Å². The van der Waals surface area contributed by atoms with E-state index in [2.05, 4.69) is 11.9 Å². The van der Waals surface area contributed by atoms with Crippen molar-refractivity contribution in [2.45, 2.75) is 45.5 Å². The van der Waals surface area contributed by atoms with Crippen molar-refractivity contribution in [1.82, 2.24) is 14.8 Å². The second-order valence-electron chi connectivity index (χ2n) is 8.39. The van der Waals surface area contributed by atoms with Gasteiger partial charge in [0.1, 0.15) is 17.4 Å². The number of hydrogen-bond acceptors (Lipinski definition) is 5. The summed E-state index contributed by atoms with van der Waals surface area (Å²) in [6.07, 6.45) is -2.32. The van der Waals surface area contributed by atoms with Crippen LogP contribution in [0.25, 0.3) is 0 Å². The number of halogens is 5. The number of aromatic nitrogens is 1. The predicted molar refractivity (Wildman–Crippen MR) is 109 cm³/mol. The normalized spacial score (nSPS) is 18.6. The number of amides is 1. The molecule has 1 aromatic carbocycles. The zero-order chi connectivity index (χ0) is 25.0. The third kappa shape index (κ3) is 6.52. The number of alkyl halides is 3. The van der Waals surface area contributed by atoms with Crippen LogP contribution < -0.4 is 0 Å². The second kappa shape index (κ2) is 10.5. The molecule has 0 spiro atoms. The quantitative estimate of drug-likeness (QED) is 0.656. The number of likely N-dealkylation sites (tertiary alicyclic amines) is 1. The lowest BCUT2D eigenvalue weighted by molar-refractivity contribution is -0.192. The Bertz CT molecular complexity index is 1040. The summed E-state index contributed by atoms with van der Waals surface area (Å²) in [6.45, 7) is 5.15. The maximum atomic E-state index is 13.9. The van der Waals surface area contributed by atoms with Crippen molar-refractivity contribution in [3.63, 3.8) is 0 Å². The number of rotatable bonds is 3. The Morgan fingerprint density at radius 2 is 1.94 bits per heavy atom. The van der Waals surface area contributed by atoms with Gasteiger partial charge in [-0.25, -0.2) is 18.6 Å². The summed E-state index contributed by atoms with van der Waals surface area (Å²) in [5.74, 6) is -2.64. The molecule has 12 heteroatoms. The van der Waals surface area contributed by atoms with Gasteiger partial charge in [-0.15, -0.1) is 0 Å². The van der Waals surface area contributed by atoms with Crippen LogP contribution in [-0.2, 0) is 24.3 Å². The first-order valence-corrected chi connectivity index (χ1v) is 10.7. The molecular weight excluding hydrogens is 465 g/mol. The molecule has 1 amide bonds. The van der Waals surface area contributed by atoms with Gasteiger partial charge in [-0.1, -0.05) is 13.0 Å². The molecule has 0 radical (unpaired) electrons. The lowest BCUT2D eigenvalue weighted by Crippen LogP contribution is -2.39. The Balaban J connectivity index is 0.000000406. The van der Waals surface area contributed by atoms with Crippen LogP contribution in [0.15, 0.2) is 22.6 Å². The van der Waals surface area contributed by atoms with Crippen LogP contribution in [0, 0.1) is 17.6 Å². The largest absolute Gasteiger partial charge is 0.490 e. The number of benzene rings is 1. The third-order valence-electron chi connectivity index (χ3n) is 5.59. The van der Waals surface area contributed by atoms with E-state index in [0.29, 0.717) is 37.5 Å². The van der Waals surface area contributed by atoms with Gasteiger partial charge < -0.3 is 14.4 Å². The van der Waals surface area contributed by atoms with Gasteiger partial charge in [0.2, 0.25) is 0 Å². The van der Waals surface area contributed by atoms with E-state index in [0.717, 1.165) is 43.5 Å². The molecule has 0 aliphatic carbocycles. The number of hydrogen-bond donors (Lipinski definition) is 1. The maximum Gasteiger partial charge on any atom is 0.490 e. The Hall–Kier alpha value is -3.02. The van der Waals surface area contributed by atoms with Crippen molar-refractivity contribution in [3.8, 4) is 0 Å². The number of piperidine rings is 1. The highest BCUT2D eigenvalue weighted by Gasteiger charge is 2.38. The van der Waals surface area contributed by atoms with Crippen molar-refractivity contribution in [2.24, 2.45) is 5.92 Å². The number of carbonyl (C=O) groups excluding carboxylic acids is 1. The molecule has 2 aliphatic heterocycles. The van der Waals surface area contributed by atoms with Crippen molar-refractivity contribution in [3.05, 3.63) is 52.7 Å². The van der Waals surface area contributed by atoms with Gasteiger partial charge in [-0.2, -0.15) is 13.2 Å². The van der Waals surface area contributed by atoms with Gasteiger partial charge in [-0.05, 0) is 24.8 Å². The van der Waals surface area contributed by atoms with Crippen molar-refractivity contribution in [1.29, 1.82) is 0 Å². The predicted octanol–water partition coefficient (Wildman–Crippen LogP) is 4.02. The average Bonchev–Trinajstić information content (AvgIpc) is 3.18. The third-order valence-corrected chi connectivity index (χ3v) is 5.59. The first-order valence-electron chi connectivity index (χ1n) is 10.7. The van der Waals surface area contributed by atoms with Crippen LogP contribution in [0.1, 0.15) is 47.5 Å².